The molecule has 0 aliphatic carbocycles. The molecular weight excluding hydrogens is 352 g/mol. The van der Waals surface area contributed by atoms with Gasteiger partial charge in [-0.1, -0.05) is 36.1 Å². The summed E-state index contributed by atoms with van der Waals surface area (Å²) >= 11 is 6.73. The lowest BCUT2D eigenvalue weighted by molar-refractivity contribution is -0.113. The number of anilines is 2. The minimum Gasteiger partial charge on any atom is -0.497 e. The van der Waals surface area contributed by atoms with E-state index in [2.05, 4.69) is 0 Å². The summed E-state index contributed by atoms with van der Waals surface area (Å²) < 4.78 is 5.77. The van der Waals surface area contributed by atoms with E-state index >= 15 is 0 Å². The SMILES string of the molecule is COc1cccc(/C=C2\SC(=S)N(c3ccc(N(C)C)cc3)C2=O)c1. The van der Waals surface area contributed by atoms with Gasteiger partial charge < -0.3 is 9.64 Å². The number of benzene rings is 2. The number of nitrogens with zero attached hydrogens (tertiary/aromatic N) is 2. The van der Waals surface area contributed by atoms with Crippen molar-refractivity contribution in [2.75, 3.05) is 31.0 Å². The molecule has 0 radical (unpaired) electrons. The van der Waals surface area contributed by atoms with Crippen molar-refractivity contribution in [2.45, 2.75) is 0 Å². The Hall–Kier alpha value is -2.31. The van der Waals surface area contributed by atoms with Gasteiger partial charge in [-0.2, -0.15) is 0 Å². The molecule has 0 aromatic heterocycles. The molecule has 2 aromatic rings. The van der Waals surface area contributed by atoms with Crippen molar-refractivity contribution in [3.8, 4) is 5.75 Å². The molecule has 2 aromatic carbocycles. The van der Waals surface area contributed by atoms with Crippen LogP contribution in [0.3, 0.4) is 0 Å². The van der Waals surface area contributed by atoms with Crippen LogP contribution in [0.5, 0.6) is 5.75 Å². The molecule has 0 saturated carbocycles. The molecule has 1 aliphatic heterocycles. The van der Waals surface area contributed by atoms with Gasteiger partial charge in [0.2, 0.25) is 0 Å². The molecule has 1 fully saturated rings. The summed E-state index contributed by atoms with van der Waals surface area (Å²) in [5, 5.41) is 0. The van der Waals surface area contributed by atoms with Gasteiger partial charge in [-0.25, -0.2) is 0 Å². The maximum Gasteiger partial charge on any atom is 0.270 e. The number of thiocarbonyl (C=S) groups is 1. The van der Waals surface area contributed by atoms with E-state index in [1.54, 1.807) is 12.0 Å². The summed E-state index contributed by atoms with van der Waals surface area (Å²) in [6.07, 6.45) is 1.84. The van der Waals surface area contributed by atoms with E-state index in [9.17, 15) is 4.79 Å². The van der Waals surface area contributed by atoms with Gasteiger partial charge in [-0.05, 0) is 48.0 Å². The molecule has 128 valence electrons. The monoisotopic (exact) mass is 370 g/mol. The van der Waals surface area contributed by atoms with Gasteiger partial charge in [0.05, 0.1) is 17.7 Å². The normalized spacial score (nSPS) is 15.8. The van der Waals surface area contributed by atoms with Crippen LogP contribution < -0.4 is 14.5 Å². The zero-order valence-corrected chi connectivity index (χ0v) is 15.9. The second kappa shape index (κ2) is 7.29. The van der Waals surface area contributed by atoms with Crippen LogP contribution in [0.25, 0.3) is 6.08 Å². The van der Waals surface area contributed by atoms with Crippen molar-refractivity contribution in [1.29, 1.82) is 0 Å². The molecule has 25 heavy (non-hydrogen) atoms. The van der Waals surface area contributed by atoms with Crippen molar-refractivity contribution in [2.24, 2.45) is 0 Å². The summed E-state index contributed by atoms with van der Waals surface area (Å²) in [7, 11) is 5.58. The fraction of sp³-hybridized carbons (Fsp3) is 0.158. The van der Waals surface area contributed by atoms with E-state index in [-0.39, 0.29) is 5.91 Å². The molecule has 1 amide bonds. The lowest BCUT2D eigenvalue weighted by Gasteiger charge is -2.17. The highest BCUT2D eigenvalue weighted by atomic mass is 32.2. The Labute approximate surface area is 157 Å². The Morgan fingerprint density at radius 3 is 2.52 bits per heavy atom. The first-order valence-corrected chi connectivity index (χ1v) is 8.91. The van der Waals surface area contributed by atoms with E-state index in [1.807, 2.05) is 73.6 Å². The molecule has 4 nitrogen and oxygen atoms in total. The number of carbonyl (C=O) groups excluding carboxylic acids is 1. The van der Waals surface area contributed by atoms with Gasteiger partial charge in [0.15, 0.2) is 4.32 Å². The first-order valence-electron chi connectivity index (χ1n) is 7.69. The number of ether oxygens (including phenoxy) is 1. The number of hydrogen-bond donors (Lipinski definition) is 0. The molecule has 0 N–H and O–H groups in total. The number of hydrogen-bond acceptors (Lipinski definition) is 5. The zero-order chi connectivity index (χ0) is 18.0. The van der Waals surface area contributed by atoms with Gasteiger partial charge in [0, 0.05) is 19.8 Å². The van der Waals surface area contributed by atoms with Crippen molar-refractivity contribution >= 4 is 51.7 Å². The summed E-state index contributed by atoms with van der Waals surface area (Å²) in [4.78, 5) is 17.0. The smallest absolute Gasteiger partial charge is 0.270 e. The second-order valence-corrected chi connectivity index (χ2v) is 7.38. The van der Waals surface area contributed by atoms with Crippen LogP contribution in [0.4, 0.5) is 11.4 Å². The summed E-state index contributed by atoms with van der Waals surface area (Å²) in [5.41, 5.74) is 2.76. The molecule has 0 bridgehead atoms. The Kier molecular flexibility index (Phi) is 5.11. The minimum absolute atomic E-state index is 0.101. The Bertz CT molecular complexity index is 845. The first-order chi connectivity index (χ1) is 12.0. The molecule has 0 unspecified atom stereocenters. The quantitative estimate of drug-likeness (QED) is 0.596. The number of rotatable bonds is 4. The van der Waals surface area contributed by atoms with Crippen LogP contribution in [0.2, 0.25) is 0 Å². The summed E-state index contributed by atoms with van der Waals surface area (Å²) in [5.74, 6) is 0.652. The Morgan fingerprint density at radius 1 is 1.16 bits per heavy atom. The van der Waals surface area contributed by atoms with Crippen molar-refractivity contribution < 1.29 is 9.53 Å². The van der Waals surface area contributed by atoms with Crippen molar-refractivity contribution in [3.63, 3.8) is 0 Å². The number of methoxy groups -OCH3 is 1. The summed E-state index contributed by atoms with van der Waals surface area (Å²) in [6, 6.07) is 15.3. The molecule has 1 heterocycles. The van der Waals surface area contributed by atoms with Crippen molar-refractivity contribution in [3.05, 3.63) is 59.0 Å². The average molecular weight is 370 g/mol. The largest absolute Gasteiger partial charge is 0.497 e. The van der Waals surface area contributed by atoms with E-state index in [0.29, 0.717) is 9.23 Å². The van der Waals surface area contributed by atoms with Crippen molar-refractivity contribution in [1.82, 2.24) is 0 Å². The predicted molar refractivity (Wildman–Crippen MR) is 109 cm³/mol. The Balaban J connectivity index is 1.88. The van der Waals surface area contributed by atoms with Gasteiger partial charge in [-0.3, -0.25) is 9.69 Å². The fourth-order valence-electron chi connectivity index (χ4n) is 2.47. The fourth-order valence-corrected chi connectivity index (χ4v) is 3.77. The molecule has 0 atom stereocenters. The maximum atomic E-state index is 12.8. The zero-order valence-electron chi connectivity index (χ0n) is 14.2. The lowest BCUT2D eigenvalue weighted by Crippen LogP contribution is -2.27. The highest BCUT2D eigenvalue weighted by Crippen LogP contribution is 2.36. The number of amides is 1. The van der Waals surface area contributed by atoms with Crippen LogP contribution in [0.1, 0.15) is 5.56 Å². The molecule has 3 rings (SSSR count). The average Bonchev–Trinajstić information content (AvgIpc) is 2.88. The van der Waals surface area contributed by atoms with Gasteiger partial charge in [0.25, 0.3) is 5.91 Å². The number of carbonyl (C=O) groups is 1. The third kappa shape index (κ3) is 3.70. The molecule has 6 heteroatoms. The molecular formula is C19H18N2O2S2. The molecule has 0 spiro atoms. The van der Waals surface area contributed by atoms with Crippen LogP contribution >= 0.6 is 24.0 Å². The maximum absolute atomic E-state index is 12.8. The second-order valence-electron chi connectivity index (χ2n) is 5.70. The topological polar surface area (TPSA) is 32.8 Å². The Morgan fingerprint density at radius 2 is 1.88 bits per heavy atom. The van der Waals surface area contributed by atoms with E-state index in [4.69, 9.17) is 17.0 Å². The van der Waals surface area contributed by atoms with Crippen LogP contribution in [-0.2, 0) is 4.79 Å². The van der Waals surface area contributed by atoms with Gasteiger partial charge in [0.1, 0.15) is 5.75 Å². The first kappa shape index (κ1) is 17.5. The third-order valence-corrected chi connectivity index (χ3v) is 5.11. The molecule has 1 saturated heterocycles. The standard InChI is InChI=1S/C19H18N2O2S2/c1-20(2)14-7-9-15(10-8-14)21-18(22)17(25-19(21)24)12-13-5-4-6-16(11-13)23-3/h4-12H,1-3H3/b17-12-. The van der Waals surface area contributed by atoms with Crippen LogP contribution in [-0.4, -0.2) is 31.4 Å². The van der Waals surface area contributed by atoms with Gasteiger partial charge >= 0.3 is 0 Å². The predicted octanol–water partition coefficient (Wildman–Crippen LogP) is 4.17. The van der Waals surface area contributed by atoms with E-state index in [1.165, 1.54) is 11.8 Å². The van der Waals surface area contributed by atoms with Gasteiger partial charge in [-0.15, -0.1) is 0 Å². The van der Waals surface area contributed by atoms with Crippen LogP contribution in [0, 0.1) is 0 Å². The van der Waals surface area contributed by atoms with E-state index in [0.717, 1.165) is 22.7 Å². The van der Waals surface area contributed by atoms with Crippen LogP contribution in [0.15, 0.2) is 53.4 Å². The lowest BCUT2D eigenvalue weighted by atomic mass is 10.2. The summed E-state index contributed by atoms with van der Waals surface area (Å²) in [6.45, 7) is 0. The highest BCUT2D eigenvalue weighted by molar-refractivity contribution is 8.27. The van der Waals surface area contributed by atoms with E-state index < -0.39 is 0 Å². The third-order valence-electron chi connectivity index (χ3n) is 3.81. The highest BCUT2D eigenvalue weighted by Gasteiger charge is 2.33. The number of thioether (sulfide) groups is 1. The minimum atomic E-state index is -0.101. The molecule has 1 aliphatic rings.